The van der Waals surface area contributed by atoms with E-state index in [0.29, 0.717) is 6.54 Å². The molecule has 0 atom stereocenters. The van der Waals surface area contributed by atoms with Gasteiger partial charge >= 0.3 is 0 Å². The van der Waals surface area contributed by atoms with Gasteiger partial charge in [0.15, 0.2) is 0 Å². The summed E-state index contributed by atoms with van der Waals surface area (Å²) in [5.74, 6) is 0. The van der Waals surface area contributed by atoms with Gasteiger partial charge in [-0.05, 0) is 35.7 Å². The number of benzene rings is 1. The molecular formula is C15H17N3. The minimum atomic E-state index is 0.504. The molecule has 18 heavy (non-hydrogen) atoms. The highest BCUT2D eigenvalue weighted by Gasteiger charge is 2.18. The third-order valence-corrected chi connectivity index (χ3v) is 3.45. The quantitative estimate of drug-likeness (QED) is 0.892. The van der Waals surface area contributed by atoms with Crippen LogP contribution in [0.25, 0.3) is 0 Å². The molecule has 1 aliphatic rings. The molecule has 0 saturated heterocycles. The summed E-state index contributed by atoms with van der Waals surface area (Å²) in [6.07, 6.45) is 2.99. The summed E-state index contributed by atoms with van der Waals surface area (Å²) in [5, 5.41) is 0. The first-order chi connectivity index (χ1) is 8.86. The molecule has 1 aromatic heterocycles. The molecule has 2 N–H and O–H groups in total. The van der Waals surface area contributed by atoms with Crippen LogP contribution in [-0.4, -0.2) is 11.5 Å². The van der Waals surface area contributed by atoms with Gasteiger partial charge in [-0.1, -0.05) is 18.2 Å². The Morgan fingerprint density at radius 2 is 2.11 bits per heavy atom. The predicted molar refractivity (Wildman–Crippen MR) is 73.3 cm³/mol. The van der Waals surface area contributed by atoms with Crippen LogP contribution in [0.1, 0.15) is 16.8 Å². The lowest BCUT2D eigenvalue weighted by Crippen LogP contribution is -2.19. The summed E-state index contributed by atoms with van der Waals surface area (Å²) >= 11 is 0. The smallest absolute Gasteiger partial charge is 0.0542 e. The van der Waals surface area contributed by atoms with Crippen LogP contribution in [0.3, 0.4) is 0 Å². The van der Waals surface area contributed by atoms with Gasteiger partial charge in [0, 0.05) is 31.5 Å². The molecule has 92 valence electrons. The summed E-state index contributed by atoms with van der Waals surface area (Å²) in [6.45, 7) is 2.54. The first kappa shape index (κ1) is 11.2. The minimum Gasteiger partial charge on any atom is -0.367 e. The monoisotopic (exact) mass is 239 g/mol. The Bertz CT molecular complexity index is 551. The molecule has 0 fully saturated rings. The van der Waals surface area contributed by atoms with Crippen LogP contribution in [0.2, 0.25) is 0 Å². The van der Waals surface area contributed by atoms with Gasteiger partial charge in [0.05, 0.1) is 5.69 Å². The van der Waals surface area contributed by atoms with E-state index >= 15 is 0 Å². The lowest BCUT2D eigenvalue weighted by atomic mass is 10.1. The van der Waals surface area contributed by atoms with Crippen LogP contribution in [-0.2, 0) is 19.5 Å². The fraction of sp³-hybridized carbons (Fsp3) is 0.267. The molecule has 1 aliphatic heterocycles. The van der Waals surface area contributed by atoms with Gasteiger partial charge in [-0.2, -0.15) is 0 Å². The van der Waals surface area contributed by atoms with Gasteiger partial charge in [0.1, 0.15) is 0 Å². The Balaban J connectivity index is 1.82. The molecule has 3 rings (SSSR count). The maximum absolute atomic E-state index is 5.63. The topological polar surface area (TPSA) is 42.1 Å². The highest BCUT2D eigenvalue weighted by Crippen LogP contribution is 2.28. The highest BCUT2D eigenvalue weighted by atomic mass is 15.1. The van der Waals surface area contributed by atoms with E-state index in [9.17, 15) is 0 Å². The van der Waals surface area contributed by atoms with Crippen molar-refractivity contribution < 1.29 is 0 Å². The molecule has 0 saturated carbocycles. The zero-order chi connectivity index (χ0) is 12.4. The summed E-state index contributed by atoms with van der Waals surface area (Å²) < 4.78 is 0. The van der Waals surface area contributed by atoms with Crippen molar-refractivity contribution in [2.24, 2.45) is 5.73 Å². The van der Waals surface area contributed by atoms with Crippen molar-refractivity contribution >= 4 is 5.69 Å². The van der Waals surface area contributed by atoms with Crippen molar-refractivity contribution in [3.8, 4) is 0 Å². The molecule has 2 aromatic rings. The Morgan fingerprint density at radius 3 is 3.00 bits per heavy atom. The molecule has 0 spiro atoms. The molecule has 3 nitrogen and oxygen atoms in total. The summed E-state index contributed by atoms with van der Waals surface area (Å²) in [6, 6.07) is 12.8. The lowest BCUT2D eigenvalue weighted by molar-refractivity contribution is 0.830. The lowest BCUT2D eigenvalue weighted by Gasteiger charge is -2.19. The van der Waals surface area contributed by atoms with Crippen molar-refractivity contribution in [2.75, 3.05) is 11.4 Å². The fourth-order valence-corrected chi connectivity index (χ4v) is 2.53. The normalized spacial score (nSPS) is 13.7. The number of nitrogens with zero attached hydrogens (tertiary/aromatic N) is 2. The van der Waals surface area contributed by atoms with Gasteiger partial charge < -0.3 is 10.6 Å². The van der Waals surface area contributed by atoms with Crippen LogP contribution in [0.15, 0.2) is 42.6 Å². The minimum absolute atomic E-state index is 0.504. The molecule has 0 amide bonds. The number of rotatable bonds is 3. The van der Waals surface area contributed by atoms with Crippen LogP contribution < -0.4 is 10.6 Å². The van der Waals surface area contributed by atoms with Gasteiger partial charge in [0.25, 0.3) is 0 Å². The molecule has 3 heteroatoms. The average molecular weight is 239 g/mol. The molecule has 0 radical (unpaired) electrons. The summed E-state index contributed by atoms with van der Waals surface area (Å²) in [5.41, 5.74) is 10.7. The zero-order valence-corrected chi connectivity index (χ0v) is 10.3. The standard InChI is InChI=1S/C15H17N3/c16-10-14-9-12(5-7-17-14)11-18-8-6-13-3-1-2-4-15(13)18/h1-5,7,9H,6,8,10-11,16H2. The molecule has 0 unspecified atom stereocenters. The van der Waals surface area contributed by atoms with Gasteiger partial charge in [-0.25, -0.2) is 0 Å². The highest BCUT2D eigenvalue weighted by molar-refractivity contribution is 5.58. The van der Waals surface area contributed by atoms with E-state index in [1.807, 2.05) is 6.20 Å². The number of nitrogens with two attached hydrogens (primary N) is 1. The van der Waals surface area contributed by atoms with Crippen LogP contribution >= 0.6 is 0 Å². The maximum atomic E-state index is 5.63. The number of aromatic nitrogens is 1. The first-order valence-electron chi connectivity index (χ1n) is 6.33. The second-order valence-electron chi connectivity index (χ2n) is 4.66. The third kappa shape index (κ3) is 2.09. The molecule has 0 aliphatic carbocycles. The van der Waals surface area contributed by atoms with Crippen molar-refractivity contribution in [1.82, 2.24) is 4.98 Å². The van der Waals surface area contributed by atoms with Crippen molar-refractivity contribution in [3.63, 3.8) is 0 Å². The number of hydrogen-bond acceptors (Lipinski definition) is 3. The fourth-order valence-electron chi connectivity index (χ4n) is 2.53. The van der Waals surface area contributed by atoms with Gasteiger partial charge in [-0.15, -0.1) is 0 Å². The van der Waals surface area contributed by atoms with Crippen molar-refractivity contribution in [3.05, 3.63) is 59.4 Å². The largest absolute Gasteiger partial charge is 0.367 e. The van der Waals surface area contributed by atoms with Gasteiger partial charge in [-0.3, -0.25) is 4.98 Å². The number of pyridine rings is 1. The van der Waals surface area contributed by atoms with Crippen LogP contribution in [0.5, 0.6) is 0 Å². The number of anilines is 1. The van der Waals surface area contributed by atoms with Crippen molar-refractivity contribution in [2.45, 2.75) is 19.5 Å². The first-order valence-corrected chi connectivity index (χ1v) is 6.33. The van der Waals surface area contributed by atoms with Crippen LogP contribution in [0.4, 0.5) is 5.69 Å². The second-order valence-corrected chi connectivity index (χ2v) is 4.66. The molecule has 2 heterocycles. The van der Waals surface area contributed by atoms with E-state index in [0.717, 1.165) is 25.2 Å². The SMILES string of the molecule is NCc1cc(CN2CCc3ccccc32)ccn1. The second kappa shape index (κ2) is 4.78. The van der Waals surface area contributed by atoms with E-state index in [4.69, 9.17) is 5.73 Å². The summed E-state index contributed by atoms with van der Waals surface area (Å²) in [4.78, 5) is 6.65. The van der Waals surface area contributed by atoms with E-state index in [1.54, 1.807) is 0 Å². The zero-order valence-electron chi connectivity index (χ0n) is 10.3. The predicted octanol–water partition coefficient (Wildman–Crippen LogP) is 2.10. The summed E-state index contributed by atoms with van der Waals surface area (Å²) in [7, 11) is 0. The third-order valence-electron chi connectivity index (χ3n) is 3.45. The van der Waals surface area contributed by atoms with E-state index < -0.39 is 0 Å². The number of fused-ring (bicyclic) bond motifs is 1. The van der Waals surface area contributed by atoms with Crippen molar-refractivity contribution in [1.29, 1.82) is 0 Å². The molecule has 0 bridgehead atoms. The Kier molecular flexibility index (Phi) is 2.99. The molecular weight excluding hydrogens is 222 g/mol. The Hall–Kier alpha value is -1.87. The maximum Gasteiger partial charge on any atom is 0.0542 e. The Morgan fingerprint density at radius 1 is 1.22 bits per heavy atom. The molecule has 1 aromatic carbocycles. The Labute approximate surface area is 107 Å². The van der Waals surface area contributed by atoms with Gasteiger partial charge in [0.2, 0.25) is 0 Å². The number of hydrogen-bond donors (Lipinski definition) is 1. The van der Waals surface area contributed by atoms with E-state index in [-0.39, 0.29) is 0 Å². The number of para-hydroxylation sites is 1. The van der Waals surface area contributed by atoms with Crippen LogP contribution in [0, 0.1) is 0 Å². The average Bonchev–Trinajstić information content (AvgIpc) is 2.83. The van der Waals surface area contributed by atoms with E-state index in [1.165, 1.54) is 16.8 Å². The van der Waals surface area contributed by atoms with E-state index in [2.05, 4.69) is 46.3 Å².